The Morgan fingerprint density at radius 3 is 3.00 bits per heavy atom. The highest BCUT2D eigenvalue weighted by Gasteiger charge is 2.17. The van der Waals surface area contributed by atoms with Gasteiger partial charge < -0.3 is 19.4 Å². The number of oxime groups is 1. The topological polar surface area (TPSA) is 60.3 Å². The van der Waals surface area contributed by atoms with Gasteiger partial charge in [-0.1, -0.05) is 12.1 Å². The Labute approximate surface area is 111 Å². The van der Waals surface area contributed by atoms with Gasteiger partial charge in [0.15, 0.2) is 6.61 Å². The van der Waals surface area contributed by atoms with Crippen LogP contribution in [0.2, 0.25) is 0 Å². The summed E-state index contributed by atoms with van der Waals surface area (Å²) < 4.78 is 10.4. The molecule has 2 rings (SSSR count). The van der Waals surface area contributed by atoms with Gasteiger partial charge in [0.1, 0.15) is 12.4 Å². The van der Waals surface area contributed by atoms with Crippen molar-refractivity contribution in [3.05, 3.63) is 41.6 Å². The SMILES string of the molecule is COCC=C=C(C1=NOCCO1)c1ccccc1O. The Balaban J connectivity index is 2.43. The van der Waals surface area contributed by atoms with E-state index in [-0.39, 0.29) is 5.75 Å². The molecule has 5 nitrogen and oxygen atoms in total. The van der Waals surface area contributed by atoms with Crippen LogP contribution >= 0.6 is 0 Å². The van der Waals surface area contributed by atoms with E-state index in [0.717, 1.165) is 0 Å². The van der Waals surface area contributed by atoms with Gasteiger partial charge in [-0.05, 0) is 23.4 Å². The first-order chi connectivity index (χ1) is 9.33. The molecule has 0 saturated carbocycles. The second-order valence-electron chi connectivity index (χ2n) is 3.77. The molecular weight excluding hydrogens is 246 g/mol. The van der Waals surface area contributed by atoms with Crippen LogP contribution in [0.25, 0.3) is 5.57 Å². The third-order valence-electron chi connectivity index (χ3n) is 2.44. The minimum Gasteiger partial charge on any atom is -0.507 e. The summed E-state index contributed by atoms with van der Waals surface area (Å²) in [6.45, 7) is 1.24. The number of ether oxygens (including phenoxy) is 2. The molecule has 0 bridgehead atoms. The van der Waals surface area contributed by atoms with Crippen molar-refractivity contribution in [2.45, 2.75) is 0 Å². The van der Waals surface area contributed by atoms with E-state index in [1.54, 1.807) is 31.4 Å². The van der Waals surface area contributed by atoms with Gasteiger partial charge in [-0.25, -0.2) is 0 Å². The first kappa shape index (κ1) is 13.2. The minimum absolute atomic E-state index is 0.132. The molecule has 0 unspecified atom stereocenters. The predicted octanol–water partition coefficient (Wildman–Crippen LogP) is 1.94. The molecule has 19 heavy (non-hydrogen) atoms. The molecule has 0 atom stereocenters. The lowest BCUT2D eigenvalue weighted by molar-refractivity contribution is 0.0669. The Kier molecular flexibility index (Phi) is 4.61. The smallest absolute Gasteiger partial charge is 0.266 e. The monoisotopic (exact) mass is 261 g/mol. The maximum atomic E-state index is 9.91. The van der Waals surface area contributed by atoms with Crippen LogP contribution in [-0.2, 0) is 14.3 Å². The standard InChI is InChI=1S/C14H15NO4/c1-17-8-4-6-12(14-15-19-10-9-18-14)11-5-2-3-7-13(11)16/h2-5,7,16H,8-10H2,1H3. The van der Waals surface area contributed by atoms with Crippen molar-refractivity contribution in [3.63, 3.8) is 0 Å². The molecule has 0 aromatic heterocycles. The van der Waals surface area contributed by atoms with E-state index in [4.69, 9.17) is 14.3 Å². The zero-order valence-electron chi connectivity index (χ0n) is 10.6. The van der Waals surface area contributed by atoms with Gasteiger partial charge in [0.05, 0.1) is 12.2 Å². The van der Waals surface area contributed by atoms with Crippen molar-refractivity contribution >= 4 is 11.5 Å². The first-order valence-corrected chi connectivity index (χ1v) is 5.88. The minimum atomic E-state index is 0.132. The fourth-order valence-corrected chi connectivity index (χ4v) is 1.59. The summed E-state index contributed by atoms with van der Waals surface area (Å²) in [5, 5.41) is 13.8. The van der Waals surface area contributed by atoms with Crippen LogP contribution in [0.4, 0.5) is 0 Å². The second kappa shape index (κ2) is 6.64. The number of nitrogens with zero attached hydrogens (tertiary/aromatic N) is 1. The zero-order valence-corrected chi connectivity index (χ0v) is 10.6. The Hall–Kier alpha value is -2.23. The fourth-order valence-electron chi connectivity index (χ4n) is 1.59. The summed E-state index contributed by atoms with van der Waals surface area (Å²) in [5.74, 6) is 0.438. The average molecular weight is 261 g/mol. The molecule has 1 aliphatic heterocycles. The molecule has 5 heteroatoms. The number of rotatable bonds is 4. The van der Waals surface area contributed by atoms with E-state index in [0.29, 0.717) is 36.9 Å². The summed E-state index contributed by atoms with van der Waals surface area (Å²) in [6, 6.07) is 6.92. The van der Waals surface area contributed by atoms with Crippen LogP contribution < -0.4 is 0 Å². The molecular formula is C14H15NO4. The molecule has 0 saturated heterocycles. The molecule has 1 N–H and O–H groups in total. The molecule has 0 radical (unpaired) electrons. The maximum Gasteiger partial charge on any atom is 0.266 e. The lowest BCUT2D eigenvalue weighted by atomic mass is 10.1. The predicted molar refractivity (Wildman–Crippen MR) is 70.8 cm³/mol. The first-order valence-electron chi connectivity index (χ1n) is 5.88. The van der Waals surface area contributed by atoms with E-state index < -0.39 is 0 Å². The Morgan fingerprint density at radius 2 is 2.32 bits per heavy atom. The van der Waals surface area contributed by atoms with Gasteiger partial charge in [-0.3, -0.25) is 0 Å². The van der Waals surface area contributed by atoms with Crippen molar-refractivity contribution in [1.82, 2.24) is 0 Å². The quantitative estimate of drug-likeness (QED) is 0.841. The average Bonchev–Trinajstić information content (AvgIpc) is 2.46. The molecule has 1 heterocycles. The van der Waals surface area contributed by atoms with Crippen molar-refractivity contribution in [1.29, 1.82) is 0 Å². The molecule has 1 aromatic rings. The summed E-state index contributed by atoms with van der Waals surface area (Å²) in [4.78, 5) is 5.01. The van der Waals surface area contributed by atoms with Crippen LogP contribution in [0.3, 0.4) is 0 Å². The van der Waals surface area contributed by atoms with Crippen LogP contribution in [0.15, 0.2) is 41.2 Å². The number of hydrogen-bond acceptors (Lipinski definition) is 5. The highest BCUT2D eigenvalue weighted by atomic mass is 16.7. The van der Waals surface area contributed by atoms with Gasteiger partial charge in [0, 0.05) is 12.7 Å². The largest absolute Gasteiger partial charge is 0.507 e. The summed E-state index contributed by atoms with van der Waals surface area (Å²) in [5.41, 5.74) is 4.14. The van der Waals surface area contributed by atoms with Crippen molar-refractivity contribution < 1.29 is 19.4 Å². The van der Waals surface area contributed by atoms with Crippen LogP contribution in [-0.4, -0.2) is 37.9 Å². The van der Waals surface area contributed by atoms with Crippen molar-refractivity contribution in [3.8, 4) is 5.75 Å². The van der Waals surface area contributed by atoms with Gasteiger partial charge in [-0.15, -0.1) is 5.73 Å². The maximum absolute atomic E-state index is 9.91. The van der Waals surface area contributed by atoms with Gasteiger partial charge in [0.25, 0.3) is 5.90 Å². The normalized spacial score (nSPS) is 13.6. The highest BCUT2D eigenvalue weighted by Crippen LogP contribution is 2.26. The van der Waals surface area contributed by atoms with Crippen molar-refractivity contribution in [2.24, 2.45) is 5.16 Å². The van der Waals surface area contributed by atoms with E-state index in [1.165, 1.54) is 0 Å². The highest BCUT2D eigenvalue weighted by molar-refractivity contribution is 6.19. The number of benzene rings is 1. The molecule has 1 aliphatic rings. The van der Waals surface area contributed by atoms with Crippen LogP contribution in [0.1, 0.15) is 5.56 Å². The summed E-state index contributed by atoms with van der Waals surface area (Å²) >= 11 is 0. The number of phenols is 1. The molecule has 0 fully saturated rings. The third-order valence-corrected chi connectivity index (χ3v) is 2.44. The van der Waals surface area contributed by atoms with E-state index in [2.05, 4.69) is 10.9 Å². The summed E-state index contributed by atoms with van der Waals surface area (Å²) in [7, 11) is 1.59. The number of methoxy groups -OCH3 is 1. The fraction of sp³-hybridized carbons (Fsp3) is 0.286. The zero-order chi connectivity index (χ0) is 13.5. The number of aromatic hydroxyl groups is 1. The molecule has 100 valence electrons. The van der Waals surface area contributed by atoms with Crippen LogP contribution in [0.5, 0.6) is 5.75 Å². The summed E-state index contributed by atoms with van der Waals surface area (Å²) in [6.07, 6.45) is 1.70. The van der Waals surface area contributed by atoms with E-state index >= 15 is 0 Å². The Bertz CT molecular complexity index is 530. The third kappa shape index (κ3) is 3.37. The molecule has 0 aliphatic carbocycles. The molecule has 1 aromatic carbocycles. The van der Waals surface area contributed by atoms with Crippen molar-refractivity contribution in [2.75, 3.05) is 26.9 Å². The van der Waals surface area contributed by atoms with E-state index in [1.807, 2.05) is 6.07 Å². The number of phenolic OH excluding ortho intramolecular Hbond substituents is 1. The lowest BCUT2D eigenvalue weighted by Crippen LogP contribution is -2.17. The van der Waals surface area contributed by atoms with Gasteiger partial charge in [0.2, 0.25) is 0 Å². The van der Waals surface area contributed by atoms with E-state index in [9.17, 15) is 5.11 Å². The number of para-hydroxylation sites is 1. The molecule has 0 spiro atoms. The lowest BCUT2D eigenvalue weighted by Gasteiger charge is -2.15. The molecule has 0 amide bonds. The van der Waals surface area contributed by atoms with Gasteiger partial charge in [-0.2, -0.15) is 0 Å². The second-order valence-corrected chi connectivity index (χ2v) is 3.77. The Morgan fingerprint density at radius 1 is 1.47 bits per heavy atom. The van der Waals surface area contributed by atoms with Gasteiger partial charge >= 0.3 is 0 Å². The van der Waals surface area contributed by atoms with Crippen LogP contribution in [0, 0.1) is 0 Å². The number of hydrogen-bond donors (Lipinski definition) is 1.